The minimum atomic E-state index is -0.621. The van der Waals surface area contributed by atoms with Gasteiger partial charge in [0.1, 0.15) is 11.9 Å². The van der Waals surface area contributed by atoms with Crippen molar-refractivity contribution >= 4 is 6.16 Å². The number of benzene rings is 1. The number of fused-ring (bicyclic) bond motifs is 1. The second kappa shape index (κ2) is 4.43. The SMILES string of the molecule is COC(=O)OC1Cc2ccc(OC)cc2C1. The van der Waals surface area contributed by atoms with Crippen LogP contribution in [0.3, 0.4) is 0 Å². The van der Waals surface area contributed by atoms with Gasteiger partial charge >= 0.3 is 6.16 Å². The Kier molecular flexibility index (Phi) is 2.99. The lowest BCUT2D eigenvalue weighted by atomic mass is 10.1. The third-order valence-electron chi connectivity index (χ3n) is 2.74. The minimum Gasteiger partial charge on any atom is -0.497 e. The maximum atomic E-state index is 11.0. The molecule has 0 radical (unpaired) electrons. The van der Waals surface area contributed by atoms with Crippen LogP contribution in [0.25, 0.3) is 0 Å². The Hall–Kier alpha value is -1.71. The van der Waals surface area contributed by atoms with Crippen LogP contribution in [0.5, 0.6) is 5.75 Å². The molecule has 0 heterocycles. The van der Waals surface area contributed by atoms with E-state index in [0.29, 0.717) is 0 Å². The molecule has 0 fully saturated rings. The maximum Gasteiger partial charge on any atom is 0.508 e. The van der Waals surface area contributed by atoms with E-state index in [0.717, 1.165) is 18.6 Å². The summed E-state index contributed by atoms with van der Waals surface area (Å²) >= 11 is 0. The van der Waals surface area contributed by atoms with E-state index in [9.17, 15) is 4.79 Å². The van der Waals surface area contributed by atoms with Crippen LogP contribution in [0.2, 0.25) is 0 Å². The van der Waals surface area contributed by atoms with Crippen molar-refractivity contribution in [2.24, 2.45) is 0 Å². The summed E-state index contributed by atoms with van der Waals surface area (Å²) in [5, 5.41) is 0. The molecule has 16 heavy (non-hydrogen) atoms. The van der Waals surface area contributed by atoms with E-state index >= 15 is 0 Å². The van der Waals surface area contributed by atoms with E-state index in [1.54, 1.807) is 7.11 Å². The molecule has 0 bridgehead atoms. The quantitative estimate of drug-likeness (QED) is 0.717. The Balaban J connectivity index is 2.06. The molecule has 0 aliphatic heterocycles. The van der Waals surface area contributed by atoms with Crippen LogP contribution in [-0.2, 0) is 22.3 Å². The van der Waals surface area contributed by atoms with Gasteiger partial charge in [-0.05, 0) is 23.3 Å². The largest absolute Gasteiger partial charge is 0.508 e. The average molecular weight is 222 g/mol. The van der Waals surface area contributed by atoms with Crippen LogP contribution in [0.1, 0.15) is 11.1 Å². The van der Waals surface area contributed by atoms with E-state index in [-0.39, 0.29) is 6.10 Å². The first kappa shape index (κ1) is 10.8. The third kappa shape index (κ3) is 2.10. The van der Waals surface area contributed by atoms with E-state index < -0.39 is 6.16 Å². The predicted octanol–water partition coefficient (Wildman–Crippen LogP) is 1.95. The lowest BCUT2D eigenvalue weighted by molar-refractivity contribution is 0.0408. The molecule has 1 aliphatic carbocycles. The van der Waals surface area contributed by atoms with Crippen LogP contribution in [0, 0.1) is 0 Å². The number of hydrogen-bond donors (Lipinski definition) is 0. The van der Waals surface area contributed by atoms with Crippen molar-refractivity contribution in [2.75, 3.05) is 14.2 Å². The smallest absolute Gasteiger partial charge is 0.497 e. The van der Waals surface area contributed by atoms with Crippen molar-refractivity contribution in [1.82, 2.24) is 0 Å². The summed E-state index contributed by atoms with van der Waals surface area (Å²) in [6.45, 7) is 0. The van der Waals surface area contributed by atoms with Crippen molar-refractivity contribution in [3.05, 3.63) is 29.3 Å². The molecule has 0 N–H and O–H groups in total. The Labute approximate surface area is 94.1 Å². The molecule has 0 amide bonds. The number of hydrogen-bond acceptors (Lipinski definition) is 4. The summed E-state index contributed by atoms with van der Waals surface area (Å²) in [6.07, 6.45) is 0.732. The molecule has 0 saturated heterocycles. The molecule has 1 aliphatic rings. The molecule has 1 unspecified atom stereocenters. The summed E-state index contributed by atoms with van der Waals surface area (Å²) in [7, 11) is 2.95. The summed E-state index contributed by atoms with van der Waals surface area (Å²) in [6, 6.07) is 5.91. The molecule has 4 heteroatoms. The van der Waals surface area contributed by atoms with Crippen LogP contribution in [0.15, 0.2) is 18.2 Å². The molecule has 0 spiro atoms. The van der Waals surface area contributed by atoms with Crippen molar-refractivity contribution in [1.29, 1.82) is 0 Å². The highest BCUT2D eigenvalue weighted by atomic mass is 16.7. The number of ether oxygens (including phenoxy) is 3. The number of carbonyl (C=O) groups is 1. The standard InChI is InChI=1S/C12H14O4/c1-14-10-4-3-8-5-11(7-9(8)6-10)16-12(13)15-2/h3-4,6,11H,5,7H2,1-2H3. The van der Waals surface area contributed by atoms with Gasteiger partial charge in [-0.3, -0.25) is 0 Å². The number of methoxy groups -OCH3 is 2. The molecule has 1 atom stereocenters. The third-order valence-corrected chi connectivity index (χ3v) is 2.74. The molecule has 0 aromatic heterocycles. The first-order valence-electron chi connectivity index (χ1n) is 5.13. The van der Waals surface area contributed by atoms with Crippen LogP contribution >= 0.6 is 0 Å². The fraction of sp³-hybridized carbons (Fsp3) is 0.417. The average Bonchev–Trinajstić information content (AvgIpc) is 2.69. The molecule has 1 aromatic carbocycles. The molecule has 1 aromatic rings. The van der Waals surface area contributed by atoms with Crippen molar-refractivity contribution in [2.45, 2.75) is 18.9 Å². The van der Waals surface area contributed by atoms with Crippen LogP contribution in [0.4, 0.5) is 4.79 Å². The molecule has 4 nitrogen and oxygen atoms in total. The molecule has 2 rings (SSSR count). The Morgan fingerprint density at radius 3 is 2.69 bits per heavy atom. The molecule has 0 saturated carbocycles. The number of rotatable bonds is 2. The molecular weight excluding hydrogens is 208 g/mol. The van der Waals surface area contributed by atoms with Crippen LogP contribution in [-0.4, -0.2) is 26.5 Å². The van der Waals surface area contributed by atoms with Crippen molar-refractivity contribution in [3.8, 4) is 5.75 Å². The normalized spacial score (nSPS) is 17.8. The first-order chi connectivity index (χ1) is 7.72. The monoisotopic (exact) mass is 222 g/mol. The zero-order valence-electron chi connectivity index (χ0n) is 9.36. The zero-order valence-corrected chi connectivity index (χ0v) is 9.36. The minimum absolute atomic E-state index is 0.116. The van der Waals surface area contributed by atoms with Crippen molar-refractivity contribution in [3.63, 3.8) is 0 Å². The topological polar surface area (TPSA) is 44.8 Å². The predicted molar refractivity (Wildman–Crippen MR) is 57.7 cm³/mol. The zero-order chi connectivity index (χ0) is 11.5. The summed E-state index contributed by atoms with van der Waals surface area (Å²) in [4.78, 5) is 11.0. The molecular formula is C12H14O4. The fourth-order valence-corrected chi connectivity index (χ4v) is 1.95. The molecule has 86 valence electrons. The van der Waals surface area contributed by atoms with E-state index in [1.807, 2.05) is 18.2 Å². The second-order valence-corrected chi connectivity index (χ2v) is 3.74. The Morgan fingerprint density at radius 1 is 1.25 bits per heavy atom. The summed E-state index contributed by atoms with van der Waals surface area (Å²) < 4.78 is 14.7. The lowest BCUT2D eigenvalue weighted by Crippen LogP contribution is -2.18. The lowest BCUT2D eigenvalue weighted by Gasteiger charge is -2.08. The van der Waals surface area contributed by atoms with Gasteiger partial charge in [0.25, 0.3) is 0 Å². The highest BCUT2D eigenvalue weighted by Crippen LogP contribution is 2.27. The summed E-state index contributed by atoms with van der Waals surface area (Å²) in [5.41, 5.74) is 2.38. The van der Waals surface area contributed by atoms with Gasteiger partial charge in [-0.1, -0.05) is 6.07 Å². The van der Waals surface area contributed by atoms with Gasteiger partial charge in [-0.25, -0.2) is 4.79 Å². The van der Waals surface area contributed by atoms with E-state index in [1.165, 1.54) is 18.2 Å². The van der Waals surface area contributed by atoms with Crippen LogP contribution < -0.4 is 4.74 Å². The number of carbonyl (C=O) groups excluding carboxylic acids is 1. The maximum absolute atomic E-state index is 11.0. The van der Waals surface area contributed by atoms with Gasteiger partial charge in [-0.2, -0.15) is 0 Å². The van der Waals surface area contributed by atoms with E-state index in [2.05, 4.69) is 4.74 Å². The van der Waals surface area contributed by atoms with Gasteiger partial charge in [0.05, 0.1) is 14.2 Å². The first-order valence-corrected chi connectivity index (χ1v) is 5.13. The van der Waals surface area contributed by atoms with Gasteiger partial charge in [0, 0.05) is 12.8 Å². The Bertz CT molecular complexity index is 400. The van der Waals surface area contributed by atoms with Gasteiger partial charge in [0.15, 0.2) is 0 Å². The highest BCUT2D eigenvalue weighted by Gasteiger charge is 2.25. The Morgan fingerprint density at radius 2 is 2.00 bits per heavy atom. The summed E-state index contributed by atoms with van der Waals surface area (Å²) in [5.74, 6) is 0.831. The fourth-order valence-electron chi connectivity index (χ4n) is 1.95. The van der Waals surface area contributed by atoms with Crippen molar-refractivity contribution < 1.29 is 19.0 Å². The highest BCUT2D eigenvalue weighted by molar-refractivity contribution is 5.60. The van der Waals surface area contributed by atoms with Gasteiger partial charge < -0.3 is 14.2 Å². The van der Waals surface area contributed by atoms with E-state index in [4.69, 9.17) is 9.47 Å². The van der Waals surface area contributed by atoms with Gasteiger partial charge in [0.2, 0.25) is 0 Å². The van der Waals surface area contributed by atoms with Gasteiger partial charge in [-0.15, -0.1) is 0 Å². The second-order valence-electron chi connectivity index (χ2n) is 3.74.